The molecule has 0 radical (unpaired) electrons. The van der Waals surface area contributed by atoms with E-state index in [9.17, 15) is 0 Å². The van der Waals surface area contributed by atoms with Crippen molar-refractivity contribution < 1.29 is 4.74 Å². The van der Waals surface area contributed by atoms with Gasteiger partial charge < -0.3 is 4.74 Å². The van der Waals surface area contributed by atoms with Crippen molar-refractivity contribution in [2.24, 2.45) is 0 Å². The summed E-state index contributed by atoms with van der Waals surface area (Å²) >= 11 is 0. The molecule has 0 spiro atoms. The van der Waals surface area contributed by atoms with Gasteiger partial charge in [-0.15, -0.1) is 0 Å². The summed E-state index contributed by atoms with van der Waals surface area (Å²) in [4.78, 5) is 6.53. The van der Waals surface area contributed by atoms with E-state index in [0.717, 1.165) is 25.4 Å². The molecule has 0 bridgehead atoms. The zero-order valence-corrected chi connectivity index (χ0v) is 18.6. The van der Waals surface area contributed by atoms with Crippen LogP contribution in [0.25, 0.3) is 0 Å². The maximum atomic E-state index is 5.72. The summed E-state index contributed by atoms with van der Waals surface area (Å²) in [5.74, 6) is 0.980. The van der Waals surface area contributed by atoms with Gasteiger partial charge in [0.15, 0.2) is 14.7 Å². The van der Waals surface area contributed by atoms with E-state index in [1.807, 2.05) is 0 Å². The van der Waals surface area contributed by atoms with Gasteiger partial charge in [-0.25, -0.2) is 0 Å². The molecule has 0 amide bonds. The summed E-state index contributed by atoms with van der Waals surface area (Å²) in [6.45, 7) is 7.60. The molecule has 0 aliphatic rings. The van der Waals surface area contributed by atoms with E-state index >= 15 is 0 Å². The highest BCUT2D eigenvalue weighted by Gasteiger charge is 2.29. The van der Waals surface area contributed by atoms with Crippen molar-refractivity contribution in [3.8, 4) is 5.75 Å². The molecule has 29 heavy (non-hydrogen) atoms. The second-order valence-electron chi connectivity index (χ2n) is 7.13. The standard InChI is InChI=1S/C26H32NOS/c1-4-6-19-27(5-2)21-22-20-25(17-18-26(22)28-3)29(23-13-9-7-10-14-23)24-15-11-8-12-16-24/h7-18,20H,4-6,19,21H2,1-3H3/q+1. The summed E-state index contributed by atoms with van der Waals surface area (Å²) < 4.78 is 5.72. The van der Waals surface area contributed by atoms with Crippen molar-refractivity contribution in [3.05, 3.63) is 84.4 Å². The van der Waals surface area contributed by atoms with Gasteiger partial charge in [0.2, 0.25) is 0 Å². The topological polar surface area (TPSA) is 12.5 Å². The van der Waals surface area contributed by atoms with Crippen LogP contribution in [0.4, 0.5) is 0 Å². The Labute approximate surface area is 178 Å². The highest BCUT2D eigenvalue weighted by Crippen LogP contribution is 2.34. The second kappa shape index (κ2) is 11.1. The van der Waals surface area contributed by atoms with Crippen LogP contribution in [-0.2, 0) is 17.4 Å². The quantitative estimate of drug-likeness (QED) is 0.361. The fourth-order valence-corrected chi connectivity index (χ4v) is 5.64. The van der Waals surface area contributed by atoms with Gasteiger partial charge in [0.25, 0.3) is 0 Å². The van der Waals surface area contributed by atoms with E-state index in [0.29, 0.717) is 0 Å². The van der Waals surface area contributed by atoms with Crippen LogP contribution in [0.3, 0.4) is 0 Å². The molecule has 0 atom stereocenters. The monoisotopic (exact) mass is 406 g/mol. The molecular formula is C26H32NOS+. The normalized spacial score (nSPS) is 11.2. The first-order valence-corrected chi connectivity index (χ1v) is 11.7. The summed E-state index contributed by atoms with van der Waals surface area (Å²) in [6.07, 6.45) is 2.45. The molecule has 0 aromatic heterocycles. The van der Waals surface area contributed by atoms with Crippen LogP contribution in [0.2, 0.25) is 0 Å². The minimum atomic E-state index is -0.131. The number of nitrogens with zero attached hydrogens (tertiary/aromatic N) is 1. The molecule has 0 unspecified atom stereocenters. The van der Waals surface area contributed by atoms with Gasteiger partial charge in [-0.3, -0.25) is 4.90 Å². The molecule has 0 aliphatic heterocycles. The van der Waals surface area contributed by atoms with Crippen molar-refractivity contribution in [2.75, 3.05) is 20.2 Å². The third-order valence-electron chi connectivity index (χ3n) is 5.11. The Hall–Kier alpha value is -2.23. The van der Waals surface area contributed by atoms with Gasteiger partial charge in [-0.2, -0.15) is 0 Å². The lowest BCUT2D eigenvalue weighted by Crippen LogP contribution is -2.24. The van der Waals surface area contributed by atoms with Crippen LogP contribution in [0.5, 0.6) is 5.75 Å². The predicted octanol–water partition coefficient (Wildman–Crippen LogP) is 6.41. The number of benzene rings is 3. The first-order valence-electron chi connectivity index (χ1n) is 10.5. The number of rotatable bonds is 10. The Morgan fingerprint density at radius 1 is 0.793 bits per heavy atom. The first-order chi connectivity index (χ1) is 14.3. The van der Waals surface area contributed by atoms with Gasteiger partial charge in [-0.1, -0.05) is 56.7 Å². The Kier molecular flexibility index (Phi) is 8.21. The zero-order valence-electron chi connectivity index (χ0n) is 17.8. The number of hydrogen-bond donors (Lipinski definition) is 0. The SMILES string of the molecule is CCCCN(CC)Cc1cc([S+](c2ccccc2)c2ccccc2)ccc1OC. The van der Waals surface area contributed by atoms with Crippen LogP contribution < -0.4 is 4.74 Å². The Morgan fingerprint density at radius 2 is 1.41 bits per heavy atom. The minimum Gasteiger partial charge on any atom is -0.496 e. The van der Waals surface area contributed by atoms with Crippen LogP contribution >= 0.6 is 0 Å². The Bertz CT molecular complexity index is 827. The minimum absolute atomic E-state index is 0.131. The molecule has 3 aromatic carbocycles. The number of ether oxygens (including phenoxy) is 1. The summed E-state index contributed by atoms with van der Waals surface area (Å²) in [7, 11) is 1.64. The van der Waals surface area contributed by atoms with Crippen molar-refractivity contribution >= 4 is 10.9 Å². The van der Waals surface area contributed by atoms with Crippen molar-refractivity contribution in [1.29, 1.82) is 0 Å². The van der Waals surface area contributed by atoms with Gasteiger partial charge in [-0.05, 0) is 55.9 Å². The molecule has 3 aromatic rings. The van der Waals surface area contributed by atoms with Gasteiger partial charge in [0.1, 0.15) is 5.75 Å². The number of hydrogen-bond acceptors (Lipinski definition) is 2. The molecule has 0 saturated carbocycles. The van der Waals surface area contributed by atoms with Crippen LogP contribution in [0.1, 0.15) is 32.3 Å². The average Bonchev–Trinajstić information content (AvgIpc) is 2.78. The molecule has 152 valence electrons. The maximum Gasteiger partial charge on any atom is 0.167 e. The lowest BCUT2D eigenvalue weighted by atomic mass is 10.1. The van der Waals surface area contributed by atoms with E-state index in [1.54, 1.807) is 7.11 Å². The average molecular weight is 407 g/mol. The number of unbranched alkanes of at least 4 members (excludes halogenated alkanes) is 1. The molecule has 0 heterocycles. The van der Waals surface area contributed by atoms with Crippen molar-refractivity contribution in [2.45, 2.75) is 47.9 Å². The zero-order chi connectivity index (χ0) is 20.5. The Morgan fingerprint density at radius 3 is 1.93 bits per heavy atom. The fraction of sp³-hybridized carbons (Fsp3) is 0.308. The Balaban J connectivity index is 2.00. The van der Waals surface area contributed by atoms with Crippen molar-refractivity contribution in [3.63, 3.8) is 0 Å². The van der Waals surface area contributed by atoms with Crippen LogP contribution in [-0.4, -0.2) is 25.1 Å². The molecular weight excluding hydrogens is 374 g/mol. The maximum absolute atomic E-state index is 5.72. The largest absolute Gasteiger partial charge is 0.496 e. The van der Waals surface area contributed by atoms with Crippen molar-refractivity contribution in [1.82, 2.24) is 4.90 Å². The number of methoxy groups -OCH3 is 1. The van der Waals surface area contributed by atoms with Gasteiger partial charge in [0.05, 0.1) is 18.0 Å². The second-order valence-corrected chi connectivity index (χ2v) is 9.15. The summed E-state index contributed by atoms with van der Waals surface area (Å²) in [5.41, 5.74) is 1.27. The molecule has 0 aliphatic carbocycles. The molecule has 0 fully saturated rings. The van der Waals surface area contributed by atoms with E-state index in [1.165, 1.54) is 33.1 Å². The summed E-state index contributed by atoms with van der Waals surface area (Å²) in [6, 6.07) is 28.4. The molecule has 0 N–H and O–H groups in total. The smallest absolute Gasteiger partial charge is 0.167 e. The van der Waals surface area contributed by atoms with E-state index < -0.39 is 0 Å². The summed E-state index contributed by atoms with van der Waals surface area (Å²) in [5, 5.41) is 0. The molecule has 3 rings (SSSR count). The van der Waals surface area contributed by atoms with E-state index in [4.69, 9.17) is 4.74 Å². The first kappa shape index (κ1) is 21.5. The van der Waals surface area contributed by atoms with E-state index in [-0.39, 0.29) is 10.9 Å². The third kappa shape index (κ3) is 5.65. The van der Waals surface area contributed by atoms with Gasteiger partial charge in [0, 0.05) is 18.2 Å². The fourth-order valence-electron chi connectivity index (χ4n) is 3.50. The van der Waals surface area contributed by atoms with Crippen LogP contribution in [0.15, 0.2) is 93.5 Å². The van der Waals surface area contributed by atoms with E-state index in [2.05, 4.69) is 97.6 Å². The molecule has 3 heteroatoms. The molecule has 2 nitrogen and oxygen atoms in total. The lowest BCUT2D eigenvalue weighted by Gasteiger charge is -2.21. The van der Waals surface area contributed by atoms with Crippen LogP contribution in [0, 0.1) is 0 Å². The molecule has 0 saturated heterocycles. The highest BCUT2D eigenvalue weighted by molar-refractivity contribution is 7.97. The van der Waals surface area contributed by atoms with Gasteiger partial charge >= 0.3 is 0 Å². The predicted molar refractivity (Wildman–Crippen MR) is 124 cm³/mol. The lowest BCUT2D eigenvalue weighted by molar-refractivity contribution is 0.270. The third-order valence-corrected chi connectivity index (χ3v) is 7.33. The highest BCUT2D eigenvalue weighted by atomic mass is 32.2.